The van der Waals surface area contributed by atoms with Gasteiger partial charge in [0.15, 0.2) is 0 Å². The zero-order valence-electron chi connectivity index (χ0n) is 16.9. The number of rotatable bonds is 4. The Kier molecular flexibility index (Phi) is 6.11. The molecule has 0 aliphatic carbocycles. The predicted molar refractivity (Wildman–Crippen MR) is 107 cm³/mol. The molecule has 2 aromatic heterocycles. The highest BCUT2D eigenvalue weighted by atomic mass is 19.4. The lowest BCUT2D eigenvalue weighted by Gasteiger charge is -2.18. The quantitative estimate of drug-likeness (QED) is 0.623. The molecule has 1 amide bonds. The molecule has 0 fully saturated rings. The van der Waals surface area contributed by atoms with Crippen molar-refractivity contribution >= 4 is 5.91 Å². The molecule has 6 nitrogen and oxygen atoms in total. The summed E-state index contributed by atoms with van der Waals surface area (Å²) in [7, 11) is 1.31. The second kappa shape index (κ2) is 8.63. The van der Waals surface area contributed by atoms with E-state index in [-0.39, 0.29) is 40.1 Å². The number of nitrogens with zero attached hydrogens (tertiary/aromatic N) is 3. The number of carbonyl (C=O) groups is 1. The van der Waals surface area contributed by atoms with E-state index < -0.39 is 29.0 Å². The molecule has 1 aromatic carbocycles. The van der Waals surface area contributed by atoms with Crippen LogP contribution in [-0.2, 0) is 12.7 Å². The first-order valence-electron chi connectivity index (χ1n) is 9.25. The molecule has 32 heavy (non-hydrogen) atoms. The second-order valence-corrected chi connectivity index (χ2v) is 6.88. The van der Waals surface area contributed by atoms with Gasteiger partial charge in [-0.1, -0.05) is 6.07 Å². The Morgan fingerprint density at radius 2 is 1.97 bits per heavy atom. The number of aromatic nitrogens is 2. The minimum atomic E-state index is -4.73. The molecular formula is C22H16F4N4O2. The molecule has 0 spiro atoms. The van der Waals surface area contributed by atoms with Crippen LogP contribution in [0.3, 0.4) is 0 Å². The summed E-state index contributed by atoms with van der Waals surface area (Å²) in [5.74, 6) is -1.41. The second-order valence-electron chi connectivity index (χ2n) is 6.88. The monoisotopic (exact) mass is 444 g/mol. The number of nitrogens with one attached hydrogen (secondary N) is 1. The van der Waals surface area contributed by atoms with Gasteiger partial charge in [-0.3, -0.25) is 14.6 Å². The lowest BCUT2D eigenvalue weighted by molar-refractivity contribution is -0.141. The molecule has 0 unspecified atom stereocenters. The number of pyridine rings is 2. The van der Waals surface area contributed by atoms with Crippen molar-refractivity contribution in [1.82, 2.24) is 14.9 Å². The number of alkyl halides is 3. The third-order valence-electron chi connectivity index (χ3n) is 4.88. The van der Waals surface area contributed by atoms with E-state index in [1.165, 1.54) is 42.9 Å². The highest BCUT2D eigenvalue weighted by Gasteiger charge is 2.33. The molecule has 0 saturated carbocycles. The van der Waals surface area contributed by atoms with Gasteiger partial charge in [-0.15, -0.1) is 0 Å². The number of halogens is 4. The molecule has 164 valence electrons. The molecule has 0 aliphatic rings. The Morgan fingerprint density at radius 1 is 1.25 bits per heavy atom. The van der Waals surface area contributed by atoms with Crippen LogP contribution in [0.2, 0.25) is 0 Å². The maximum absolute atomic E-state index is 14.4. The van der Waals surface area contributed by atoms with Crippen LogP contribution in [-0.4, -0.2) is 22.5 Å². The Balaban J connectivity index is 2.24. The first-order valence-corrected chi connectivity index (χ1v) is 9.25. The molecule has 0 atom stereocenters. The number of benzene rings is 1. The minimum absolute atomic E-state index is 0.0744. The van der Waals surface area contributed by atoms with Gasteiger partial charge in [-0.2, -0.15) is 18.4 Å². The van der Waals surface area contributed by atoms with E-state index in [9.17, 15) is 27.2 Å². The van der Waals surface area contributed by atoms with Crippen LogP contribution in [0.5, 0.6) is 0 Å². The fraction of sp³-hybridized carbons (Fsp3) is 0.182. The molecule has 10 heteroatoms. The van der Waals surface area contributed by atoms with Crippen molar-refractivity contribution in [2.75, 3.05) is 7.05 Å². The largest absolute Gasteiger partial charge is 0.433 e. The topological polar surface area (TPSA) is 87.8 Å². The number of hydrogen-bond acceptors (Lipinski definition) is 4. The lowest BCUT2D eigenvalue weighted by atomic mass is 10.0. The van der Waals surface area contributed by atoms with Crippen LogP contribution < -0.4 is 10.7 Å². The van der Waals surface area contributed by atoms with Crippen molar-refractivity contribution in [3.63, 3.8) is 0 Å². The summed E-state index contributed by atoms with van der Waals surface area (Å²) in [4.78, 5) is 28.6. The van der Waals surface area contributed by atoms with Gasteiger partial charge in [0.1, 0.15) is 17.1 Å². The molecule has 0 saturated heterocycles. The van der Waals surface area contributed by atoms with Crippen molar-refractivity contribution in [1.29, 1.82) is 5.26 Å². The average Bonchev–Trinajstić information content (AvgIpc) is 2.76. The smallest absolute Gasteiger partial charge is 0.355 e. The van der Waals surface area contributed by atoms with Crippen LogP contribution in [0.25, 0.3) is 11.1 Å². The number of hydrogen-bond donors (Lipinski definition) is 1. The molecule has 0 radical (unpaired) electrons. The molecule has 0 bridgehead atoms. The Hall–Kier alpha value is -4.00. The molecule has 3 aromatic rings. The highest BCUT2D eigenvalue weighted by molar-refractivity contribution is 5.95. The number of carbonyl (C=O) groups excluding carboxylic acids is 1. The highest BCUT2D eigenvalue weighted by Crippen LogP contribution is 2.31. The van der Waals surface area contributed by atoms with Gasteiger partial charge in [0.25, 0.3) is 5.91 Å². The van der Waals surface area contributed by atoms with Crippen molar-refractivity contribution in [2.45, 2.75) is 19.6 Å². The summed E-state index contributed by atoms with van der Waals surface area (Å²) in [6.45, 7) is 1.36. The lowest BCUT2D eigenvalue weighted by Crippen LogP contribution is -2.29. The fourth-order valence-corrected chi connectivity index (χ4v) is 3.22. The third-order valence-corrected chi connectivity index (χ3v) is 4.88. The van der Waals surface area contributed by atoms with Crippen molar-refractivity contribution in [3.8, 4) is 17.2 Å². The van der Waals surface area contributed by atoms with Gasteiger partial charge in [-0.05, 0) is 36.8 Å². The summed E-state index contributed by atoms with van der Waals surface area (Å²) in [6, 6.07) is 7.63. The van der Waals surface area contributed by atoms with E-state index in [1.54, 1.807) is 0 Å². The van der Waals surface area contributed by atoms with Gasteiger partial charge in [0.2, 0.25) is 5.43 Å². The van der Waals surface area contributed by atoms with E-state index in [0.29, 0.717) is 0 Å². The van der Waals surface area contributed by atoms with Crippen molar-refractivity contribution in [2.24, 2.45) is 0 Å². The van der Waals surface area contributed by atoms with Crippen molar-refractivity contribution < 1.29 is 22.4 Å². The molecule has 2 heterocycles. The maximum atomic E-state index is 14.4. The minimum Gasteiger partial charge on any atom is -0.355 e. The van der Waals surface area contributed by atoms with E-state index in [1.807, 2.05) is 6.07 Å². The summed E-state index contributed by atoms with van der Waals surface area (Å²) in [5, 5.41) is 11.2. The summed E-state index contributed by atoms with van der Waals surface area (Å²) in [5.41, 5.74) is -1.97. The molecule has 3 rings (SSSR count). The third kappa shape index (κ3) is 4.37. The number of nitriles is 1. The van der Waals surface area contributed by atoms with Crippen LogP contribution in [0.1, 0.15) is 32.9 Å². The van der Waals surface area contributed by atoms with Gasteiger partial charge < -0.3 is 9.88 Å². The fourth-order valence-electron chi connectivity index (χ4n) is 3.22. The Labute approximate surface area is 179 Å². The zero-order chi connectivity index (χ0) is 23.6. The maximum Gasteiger partial charge on any atom is 0.433 e. The van der Waals surface area contributed by atoms with Gasteiger partial charge >= 0.3 is 6.18 Å². The van der Waals surface area contributed by atoms with Crippen LogP contribution in [0.4, 0.5) is 17.6 Å². The van der Waals surface area contributed by atoms with Crippen LogP contribution >= 0.6 is 0 Å². The van der Waals surface area contributed by atoms with E-state index in [0.717, 1.165) is 18.3 Å². The van der Waals surface area contributed by atoms with Gasteiger partial charge in [0.05, 0.1) is 18.2 Å². The normalized spacial score (nSPS) is 11.2. The van der Waals surface area contributed by atoms with Gasteiger partial charge in [0, 0.05) is 36.3 Å². The summed E-state index contributed by atoms with van der Waals surface area (Å²) in [6.07, 6.45) is -2.58. The molecular weight excluding hydrogens is 428 g/mol. The van der Waals surface area contributed by atoms with Gasteiger partial charge in [-0.25, -0.2) is 4.39 Å². The Morgan fingerprint density at radius 3 is 2.56 bits per heavy atom. The molecule has 1 N–H and O–H groups in total. The first-order chi connectivity index (χ1) is 15.1. The van der Waals surface area contributed by atoms with E-state index >= 15 is 0 Å². The predicted octanol–water partition coefficient (Wildman–Crippen LogP) is 3.66. The van der Waals surface area contributed by atoms with Crippen molar-refractivity contribution in [3.05, 3.63) is 86.8 Å². The molecule has 0 aliphatic heterocycles. The van der Waals surface area contributed by atoms with Crippen LogP contribution in [0, 0.1) is 24.1 Å². The standard InChI is InChI=1S/C22H16F4N4O2/c1-12-19(14-5-6-29-18(8-14)22(24,25)26)20(31)16(21(32)28-2)11-30(12)10-15-4-3-13(9-27)7-17(15)23/h3-8,11H,10H2,1-2H3,(H,28,32). The summed E-state index contributed by atoms with van der Waals surface area (Å²) < 4.78 is 55.3. The van der Waals surface area contributed by atoms with E-state index in [2.05, 4.69) is 10.3 Å². The van der Waals surface area contributed by atoms with E-state index in [4.69, 9.17) is 5.26 Å². The zero-order valence-corrected chi connectivity index (χ0v) is 16.9. The number of amides is 1. The Bertz CT molecular complexity index is 1310. The van der Waals surface area contributed by atoms with Crippen LogP contribution in [0.15, 0.2) is 47.5 Å². The average molecular weight is 444 g/mol. The first kappa shape index (κ1) is 22.7. The summed E-state index contributed by atoms with van der Waals surface area (Å²) >= 11 is 0. The SMILES string of the molecule is CNC(=O)c1cn(Cc2ccc(C#N)cc2F)c(C)c(-c2ccnc(C(F)(F)F)c2)c1=O.